The molecular weight excluding hydrogens is 250 g/mol. The van der Waals surface area contributed by atoms with Crippen molar-refractivity contribution in [1.82, 2.24) is 4.90 Å². The van der Waals surface area contributed by atoms with Gasteiger partial charge >= 0.3 is 0 Å². The van der Waals surface area contributed by atoms with Crippen LogP contribution < -0.4 is 0 Å². The zero-order valence-electron chi connectivity index (χ0n) is 11.7. The molecule has 1 aromatic carbocycles. The van der Waals surface area contributed by atoms with E-state index in [1.165, 1.54) is 0 Å². The predicted molar refractivity (Wildman–Crippen MR) is 78.2 cm³/mol. The smallest absolute Gasteiger partial charge is 0.223 e. The molecule has 2 aliphatic rings. The summed E-state index contributed by atoms with van der Waals surface area (Å²) in [6.07, 6.45) is 7.29. The summed E-state index contributed by atoms with van der Waals surface area (Å²) in [5, 5.41) is 0. The Balaban J connectivity index is 1.60. The number of carbonyl (C=O) groups is 1. The summed E-state index contributed by atoms with van der Waals surface area (Å²) in [5.41, 5.74) is 1.16. The monoisotopic (exact) mass is 271 g/mol. The van der Waals surface area contributed by atoms with E-state index in [0.29, 0.717) is 25.5 Å². The molecule has 0 N–H and O–H groups in total. The zero-order chi connectivity index (χ0) is 13.8. The summed E-state index contributed by atoms with van der Waals surface area (Å²) < 4.78 is 5.81. The van der Waals surface area contributed by atoms with Crippen LogP contribution >= 0.6 is 0 Å². The van der Waals surface area contributed by atoms with E-state index in [0.717, 1.165) is 24.9 Å². The van der Waals surface area contributed by atoms with E-state index >= 15 is 0 Å². The molecule has 2 unspecified atom stereocenters. The van der Waals surface area contributed by atoms with Gasteiger partial charge in [0.05, 0.1) is 13.2 Å². The lowest BCUT2D eigenvalue weighted by Gasteiger charge is -2.33. The second kappa shape index (κ2) is 6.23. The second-order valence-electron chi connectivity index (χ2n) is 5.58. The molecule has 0 spiro atoms. The van der Waals surface area contributed by atoms with Gasteiger partial charge in [-0.2, -0.15) is 0 Å². The molecule has 3 heteroatoms. The van der Waals surface area contributed by atoms with Gasteiger partial charge in [-0.3, -0.25) is 4.79 Å². The van der Waals surface area contributed by atoms with Crippen molar-refractivity contribution < 1.29 is 9.53 Å². The Labute approximate surface area is 120 Å². The van der Waals surface area contributed by atoms with Gasteiger partial charge < -0.3 is 9.64 Å². The van der Waals surface area contributed by atoms with Gasteiger partial charge in [0.1, 0.15) is 6.10 Å². The Morgan fingerprint density at radius 2 is 2.15 bits per heavy atom. The van der Waals surface area contributed by atoms with E-state index in [1.54, 1.807) is 0 Å². The molecule has 0 aromatic heterocycles. The quantitative estimate of drug-likeness (QED) is 0.791. The second-order valence-corrected chi connectivity index (χ2v) is 5.58. The van der Waals surface area contributed by atoms with Gasteiger partial charge in [0.15, 0.2) is 0 Å². The van der Waals surface area contributed by atoms with Gasteiger partial charge in [-0.25, -0.2) is 0 Å². The fraction of sp³-hybridized carbons (Fsp3) is 0.471. The molecule has 20 heavy (non-hydrogen) atoms. The number of rotatable bonds is 3. The number of nitrogens with zero attached hydrogens (tertiary/aromatic N) is 1. The molecule has 106 valence electrons. The third-order valence-corrected chi connectivity index (χ3v) is 4.14. The SMILES string of the molecule is O=C(CC1C=CCC1)N1CCOC(c2ccccc2)C1. The highest BCUT2D eigenvalue weighted by Gasteiger charge is 2.26. The molecule has 1 aromatic rings. The third-order valence-electron chi connectivity index (χ3n) is 4.14. The summed E-state index contributed by atoms with van der Waals surface area (Å²) >= 11 is 0. The van der Waals surface area contributed by atoms with Crippen LogP contribution in [0.4, 0.5) is 0 Å². The molecule has 3 nitrogen and oxygen atoms in total. The average molecular weight is 271 g/mol. The maximum absolute atomic E-state index is 12.4. The highest BCUT2D eigenvalue weighted by atomic mass is 16.5. The van der Waals surface area contributed by atoms with Crippen LogP contribution in [0.2, 0.25) is 0 Å². The maximum Gasteiger partial charge on any atom is 0.223 e. The first kappa shape index (κ1) is 13.4. The van der Waals surface area contributed by atoms with Gasteiger partial charge in [-0.1, -0.05) is 42.5 Å². The topological polar surface area (TPSA) is 29.5 Å². The Morgan fingerprint density at radius 3 is 2.90 bits per heavy atom. The van der Waals surface area contributed by atoms with Gasteiger partial charge in [0, 0.05) is 13.0 Å². The van der Waals surface area contributed by atoms with Crippen LogP contribution in [0.1, 0.15) is 30.9 Å². The lowest BCUT2D eigenvalue weighted by atomic mass is 10.0. The Hall–Kier alpha value is -1.61. The Bertz CT molecular complexity index is 483. The van der Waals surface area contributed by atoms with Crippen LogP contribution in [0.15, 0.2) is 42.5 Å². The fourth-order valence-electron chi connectivity index (χ4n) is 2.96. The fourth-order valence-corrected chi connectivity index (χ4v) is 2.96. The molecule has 3 rings (SSSR count). The molecule has 1 saturated heterocycles. The number of morpholine rings is 1. The molecule has 1 amide bonds. The van der Waals surface area contributed by atoms with Crippen molar-refractivity contribution in [2.24, 2.45) is 5.92 Å². The average Bonchev–Trinajstić information content (AvgIpc) is 3.01. The number of amides is 1. The summed E-state index contributed by atoms with van der Waals surface area (Å²) in [6.45, 7) is 2.03. The van der Waals surface area contributed by atoms with Crippen LogP contribution in [-0.4, -0.2) is 30.5 Å². The van der Waals surface area contributed by atoms with Crippen LogP contribution in [0.5, 0.6) is 0 Å². The number of hydrogen-bond donors (Lipinski definition) is 0. The third kappa shape index (κ3) is 3.10. The van der Waals surface area contributed by atoms with Crippen molar-refractivity contribution in [3.63, 3.8) is 0 Å². The molecule has 1 fully saturated rings. The first-order valence-corrected chi connectivity index (χ1v) is 7.44. The number of carbonyl (C=O) groups excluding carboxylic acids is 1. The first-order chi connectivity index (χ1) is 9.83. The van der Waals surface area contributed by atoms with Crippen LogP contribution in [0.25, 0.3) is 0 Å². The summed E-state index contributed by atoms with van der Waals surface area (Å²) in [6, 6.07) is 10.2. The van der Waals surface area contributed by atoms with E-state index in [4.69, 9.17) is 4.74 Å². The van der Waals surface area contributed by atoms with Crippen molar-refractivity contribution in [2.45, 2.75) is 25.4 Å². The summed E-state index contributed by atoms with van der Waals surface area (Å²) in [5.74, 6) is 0.714. The number of hydrogen-bond acceptors (Lipinski definition) is 2. The minimum absolute atomic E-state index is 0.0213. The van der Waals surface area contributed by atoms with Crippen molar-refractivity contribution in [2.75, 3.05) is 19.7 Å². The highest BCUT2D eigenvalue weighted by molar-refractivity contribution is 5.76. The molecule has 0 saturated carbocycles. The minimum atomic E-state index is 0.0213. The predicted octanol–water partition coefficient (Wildman–Crippen LogP) is 2.94. The van der Waals surface area contributed by atoms with E-state index in [2.05, 4.69) is 24.3 Å². The lowest BCUT2D eigenvalue weighted by Crippen LogP contribution is -2.42. The van der Waals surface area contributed by atoms with E-state index in [-0.39, 0.29) is 12.0 Å². The molecule has 0 radical (unpaired) electrons. The van der Waals surface area contributed by atoms with Crippen LogP contribution in [-0.2, 0) is 9.53 Å². The molecule has 0 bridgehead atoms. The van der Waals surface area contributed by atoms with Crippen molar-refractivity contribution in [3.05, 3.63) is 48.0 Å². The van der Waals surface area contributed by atoms with Gasteiger partial charge in [-0.15, -0.1) is 0 Å². The Morgan fingerprint density at radius 1 is 1.30 bits per heavy atom. The molecule has 1 heterocycles. The molecule has 1 aliphatic heterocycles. The van der Waals surface area contributed by atoms with Gasteiger partial charge in [0.25, 0.3) is 0 Å². The van der Waals surface area contributed by atoms with Crippen molar-refractivity contribution in [1.29, 1.82) is 0 Å². The standard InChI is InChI=1S/C17H21NO2/c19-17(12-14-6-4-5-7-14)18-10-11-20-16(13-18)15-8-2-1-3-9-15/h1-4,6,8-9,14,16H,5,7,10-13H2. The number of benzene rings is 1. The maximum atomic E-state index is 12.4. The van der Waals surface area contributed by atoms with E-state index in [9.17, 15) is 4.79 Å². The number of allylic oxidation sites excluding steroid dienone is 2. The minimum Gasteiger partial charge on any atom is -0.370 e. The van der Waals surface area contributed by atoms with Gasteiger partial charge in [-0.05, 0) is 24.3 Å². The molecule has 1 aliphatic carbocycles. The normalized spacial score (nSPS) is 25.9. The number of ether oxygens (including phenoxy) is 1. The van der Waals surface area contributed by atoms with Crippen molar-refractivity contribution >= 4 is 5.91 Å². The van der Waals surface area contributed by atoms with E-state index in [1.807, 2.05) is 23.1 Å². The summed E-state index contributed by atoms with van der Waals surface area (Å²) in [7, 11) is 0. The molecule has 2 atom stereocenters. The van der Waals surface area contributed by atoms with E-state index < -0.39 is 0 Å². The molecular formula is C17H21NO2. The van der Waals surface area contributed by atoms with Crippen molar-refractivity contribution in [3.8, 4) is 0 Å². The van der Waals surface area contributed by atoms with Crippen LogP contribution in [0, 0.1) is 5.92 Å². The highest BCUT2D eigenvalue weighted by Crippen LogP contribution is 2.25. The first-order valence-electron chi connectivity index (χ1n) is 7.44. The lowest BCUT2D eigenvalue weighted by molar-refractivity contribution is -0.139. The largest absolute Gasteiger partial charge is 0.370 e. The van der Waals surface area contributed by atoms with Crippen LogP contribution in [0.3, 0.4) is 0 Å². The Kier molecular flexibility index (Phi) is 4.16. The summed E-state index contributed by atoms with van der Waals surface area (Å²) in [4.78, 5) is 14.3. The van der Waals surface area contributed by atoms with Gasteiger partial charge in [0.2, 0.25) is 5.91 Å². The zero-order valence-corrected chi connectivity index (χ0v) is 11.7.